The highest BCUT2D eigenvalue weighted by atomic mass is 19.3. The number of nitrogens with one attached hydrogen (secondary N) is 2. The Morgan fingerprint density at radius 3 is 1.30 bits per heavy atom. The zero-order chi connectivity index (χ0) is 21.8. The molecule has 0 fully saturated rings. The van der Waals surface area contributed by atoms with Gasteiger partial charge in [0.2, 0.25) is 23.8 Å². The fourth-order valence-corrected chi connectivity index (χ4v) is 2.18. The Bertz CT molecular complexity index is 923. The Kier molecular flexibility index (Phi) is 9.10. The van der Waals surface area contributed by atoms with Crippen molar-refractivity contribution in [3.05, 3.63) is 109 Å². The van der Waals surface area contributed by atoms with Crippen molar-refractivity contribution in [3.63, 3.8) is 0 Å². The molecule has 0 amide bonds. The van der Waals surface area contributed by atoms with Gasteiger partial charge in [0, 0.05) is 36.4 Å². The summed E-state index contributed by atoms with van der Waals surface area (Å²) in [5, 5.41) is 24.5. The van der Waals surface area contributed by atoms with Gasteiger partial charge in [-0.3, -0.25) is 0 Å². The maximum atomic E-state index is 11.2. The lowest BCUT2D eigenvalue weighted by atomic mass is 9.91. The fraction of sp³-hybridized carbons (Fsp3) is 0. The molecule has 0 aliphatic heterocycles. The summed E-state index contributed by atoms with van der Waals surface area (Å²) in [6, 6.07) is 24.2. The van der Waals surface area contributed by atoms with Crippen molar-refractivity contribution in [1.82, 2.24) is 10.2 Å². The summed E-state index contributed by atoms with van der Waals surface area (Å²) >= 11 is 0. The first-order valence-electron chi connectivity index (χ1n) is 8.72. The van der Waals surface area contributed by atoms with E-state index in [0.717, 1.165) is 11.4 Å². The number of benzene rings is 2. The molecule has 0 saturated heterocycles. The van der Waals surface area contributed by atoms with E-state index in [4.69, 9.17) is 0 Å². The van der Waals surface area contributed by atoms with E-state index in [9.17, 15) is 23.2 Å². The van der Waals surface area contributed by atoms with Crippen LogP contribution in [-0.2, 0) is 0 Å². The molecule has 0 spiro atoms. The third-order valence-electron chi connectivity index (χ3n) is 3.55. The second kappa shape index (κ2) is 12.0. The van der Waals surface area contributed by atoms with Crippen molar-refractivity contribution in [2.75, 3.05) is 0 Å². The summed E-state index contributed by atoms with van der Waals surface area (Å²) in [7, 11) is -3.19. The van der Waals surface area contributed by atoms with Crippen molar-refractivity contribution in [3.8, 4) is 11.4 Å². The molecule has 0 aliphatic rings. The number of halogens is 3. The Morgan fingerprint density at radius 1 is 0.667 bits per heavy atom. The average molecular weight is 414 g/mol. The van der Waals surface area contributed by atoms with E-state index in [1.807, 2.05) is 82.7 Å². The molecule has 0 bridgehead atoms. The molecule has 0 radical (unpaired) electrons. The maximum Gasteiger partial charge on any atom is 0.288 e. The molecular weight excluding hydrogens is 396 g/mol. The van der Waals surface area contributed by atoms with Crippen LogP contribution in [0.15, 0.2) is 109 Å². The Hall–Kier alpha value is -3.63. The van der Waals surface area contributed by atoms with Gasteiger partial charge in [0.25, 0.3) is 6.08 Å². The molecule has 30 heavy (non-hydrogen) atoms. The largest absolute Gasteiger partial charge is 0.888 e. The second-order valence-corrected chi connectivity index (χ2v) is 5.63. The van der Waals surface area contributed by atoms with Gasteiger partial charge in [-0.15, -0.1) is 0 Å². The summed E-state index contributed by atoms with van der Waals surface area (Å²) in [6.45, 7) is 0. The van der Waals surface area contributed by atoms with Crippen molar-refractivity contribution < 1.29 is 32.6 Å². The van der Waals surface area contributed by atoms with Crippen LogP contribution in [0.2, 0.25) is 0 Å². The van der Waals surface area contributed by atoms with Gasteiger partial charge in [0.05, 0.1) is 18.1 Å². The molecule has 4 aromatic rings. The van der Waals surface area contributed by atoms with Crippen LogP contribution in [0.5, 0.6) is 0 Å². The summed E-state index contributed by atoms with van der Waals surface area (Å²) < 4.78 is 36.6. The Balaban J connectivity index is 0.000000163. The van der Waals surface area contributed by atoms with E-state index in [2.05, 4.69) is 34.5 Å². The third-order valence-corrected chi connectivity index (χ3v) is 3.55. The van der Waals surface area contributed by atoms with Crippen molar-refractivity contribution in [1.29, 1.82) is 0 Å². The molecule has 2 aromatic carbocycles. The van der Waals surface area contributed by atoms with Crippen molar-refractivity contribution in [2.24, 2.45) is 0 Å². The molecule has 0 saturated carbocycles. The number of hydrogen-bond acceptors (Lipinski definition) is 2. The molecule has 2 aromatic heterocycles. The Labute approximate surface area is 171 Å². The highest BCUT2D eigenvalue weighted by Gasteiger charge is 2.02. The third kappa shape index (κ3) is 7.42. The highest BCUT2D eigenvalue weighted by molar-refractivity contribution is 6.46. The van der Waals surface area contributed by atoms with Gasteiger partial charge >= 0.3 is 0 Å². The van der Waals surface area contributed by atoms with Gasteiger partial charge in [-0.05, 0) is 7.12 Å². The van der Waals surface area contributed by atoms with Crippen LogP contribution < -0.4 is 19.4 Å². The molecule has 2 N–H and O–H groups in total. The first-order valence-corrected chi connectivity index (χ1v) is 8.72. The number of aromatic nitrogens is 4. The molecule has 0 aliphatic carbocycles. The lowest BCUT2D eigenvalue weighted by Gasteiger charge is -2.21. The fourth-order valence-electron chi connectivity index (χ4n) is 2.18. The smallest absolute Gasteiger partial charge is 0.288 e. The van der Waals surface area contributed by atoms with Crippen molar-refractivity contribution >= 4 is 7.12 Å². The number of H-pyrrole nitrogens is 2. The first kappa shape index (κ1) is 22.7. The minimum absolute atomic E-state index is 1.15. The van der Waals surface area contributed by atoms with Gasteiger partial charge in [-0.2, -0.15) is 19.0 Å². The molecule has 10 heteroatoms. The van der Waals surface area contributed by atoms with E-state index in [1.165, 1.54) is 0 Å². The molecule has 2 heterocycles. The van der Waals surface area contributed by atoms with Gasteiger partial charge in [-0.1, -0.05) is 45.8 Å². The van der Waals surface area contributed by atoms with E-state index in [1.54, 1.807) is 0 Å². The molecule has 6 nitrogen and oxygen atoms in total. The SMILES string of the molecule is [O-]B([O-])C(F)=C(F)F.c1ccc(-[n+]2ccc[nH]2)cc1.c1ccc(-[n+]2ccc[nH]2)cc1. The van der Waals surface area contributed by atoms with Gasteiger partial charge < -0.3 is 10.0 Å². The highest BCUT2D eigenvalue weighted by Crippen LogP contribution is 2.06. The summed E-state index contributed by atoms with van der Waals surface area (Å²) in [4.78, 5) is 0. The summed E-state index contributed by atoms with van der Waals surface area (Å²) in [5.74, 6) is 0. The maximum absolute atomic E-state index is 11.2. The Morgan fingerprint density at radius 2 is 1.07 bits per heavy atom. The average Bonchev–Trinajstić information content (AvgIpc) is 3.50. The van der Waals surface area contributed by atoms with E-state index < -0.39 is 18.9 Å². The van der Waals surface area contributed by atoms with Crippen LogP contribution in [0.1, 0.15) is 0 Å². The van der Waals surface area contributed by atoms with Crippen LogP contribution in [0.3, 0.4) is 0 Å². The summed E-state index contributed by atoms with van der Waals surface area (Å²) in [5.41, 5.74) is -0.125. The van der Waals surface area contributed by atoms with Crippen LogP contribution in [0.4, 0.5) is 13.2 Å². The second-order valence-electron chi connectivity index (χ2n) is 5.63. The molecule has 4 rings (SSSR count). The monoisotopic (exact) mass is 414 g/mol. The van der Waals surface area contributed by atoms with Gasteiger partial charge in [0.1, 0.15) is 0 Å². The van der Waals surface area contributed by atoms with Gasteiger partial charge in [-0.25, -0.2) is 4.39 Å². The van der Waals surface area contributed by atoms with Crippen LogP contribution >= 0.6 is 0 Å². The lowest BCUT2D eigenvalue weighted by molar-refractivity contribution is -0.655. The normalized spacial score (nSPS) is 9.50. The van der Waals surface area contributed by atoms with Gasteiger partial charge in [0.15, 0.2) is 0 Å². The quantitative estimate of drug-likeness (QED) is 0.392. The predicted molar refractivity (Wildman–Crippen MR) is 101 cm³/mol. The summed E-state index contributed by atoms with van der Waals surface area (Å²) in [6.07, 6.45) is 4.92. The molecule has 154 valence electrons. The van der Waals surface area contributed by atoms with Crippen LogP contribution in [0, 0.1) is 0 Å². The van der Waals surface area contributed by atoms with Crippen molar-refractivity contribution in [2.45, 2.75) is 0 Å². The molecule has 0 atom stereocenters. The molecular formula is C20H18BF3N4O2. The number of nitrogens with zero attached hydrogens (tertiary/aromatic N) is 2. The van der Waals surface area contributed by atoms with E-state index in [-0.39, 0.29) is 0 Å². The number of rotatable bonds is 3. The standard InChI is InChI=1S/2C9H8N2.C2BF3O2/c2*1-2-5-9(6-3-1)11-8-4-7-10-11;4-1(2(5)6)3(7)8/h2*1-8H;/q;;-2/p+2. The van der Waals surface area contributed by atoms with E-state index in [0.29, 0.717) is 0 Å². The minimum atomic E-state index is -3.19. The number of para-hydroxylation sites is 2. The van der Waals surface area contributed by atoms with Crippen LogP contribution in [-0.4, -0.2) is 17.3 Å². The zero-order valence-corrected chi connectivity index (χ0v) is 15.7. The first-order chi connectivity index (χ1) is 14.5. The topological polar surface area (TPSA) is 85.5 Å². The zero-order valence-electron chi connectivity index (χ0n) is 15.7. The van der Waals surface area contributed by atoms with E-state index >= 15 is 0 Å². The molecule has 0 unspecified atom stereocenters. The predicted octanol–water partition coefficient (Wildman–Crippen LogP) is 1.39. The van der Waals surface area contributed by atoms with Crippen LogP contribution in [0.25, 0.3) is 11.4 Å². The number of aromatic amines is 2. The number of hydrogen-bond donors (Lipinski definition) is 2. The minimum Gasteiger partial charge on any atom is -0.888 e. The lowest BCUT2D eigenvalue weighted by Crippen LogP contribution is -2.46.